The van der Waals surface area contributed by atoms with E-state index >= 15 is 0 Å². The van der Waals surface area contributed by atoms with Gasteiger partial charge in [-0.1, -0.05) is 152 Å². The second-order valence-corrected chi connectivity index (χ2v) is 14.3. The molecule has 0 saturated carbocycles. The summed E-state index contributed by atoms with van der Waals surface area (Å²) in [6, 6.07) is -0.729. The molecule has 0 bridgehead atoms. The lowest BCUT2D eigenvalue weighted by Crippen LogP contribution is -2.55. The predicted octanol–water partition coefficient (Wildman–Crippen LogP) is 8.91. The summed E-state index contributed by atoms with van der Waals surface area (Å²) in [5, 5.41) is 11.6. The lowest BCUT2D eigenvalue weighted by Gasteiger charge is -2.34. The largest absolute Gasteiger partial charge is 0.544 e. The maximum Gasteiger partial charge on any atom is 0.306 e. The Balaban J connectivity index is 4.41. The molecule has 0 radical (unpaired) electrons. The van der Waals surface area contributed by atoms with Crippen molar-refractivity contribution < 1.29 is 38.2 Å². The van der Waals surface area contributed by atoms with Crippen LogP contribution in [0.2, 0.25) is 0 Å². The van der Waals surface area contributed by atoms with Gasteiger partial charge in [0.15, 0.2) is 6.10 Å². The van der Waals surface area contributed by atoms with Gasteiger partial charge in [-0.3, -0.25) is 9.59 Å². The summed E-state index contributed by atoms with van der Waals surface area (Å²) in [4.78, 5) is 36.6. The Morgan fingerprint density at radius 2 is 1.08 bits per heavy atom. The topological polar surface area (TPSA) is 102 Å². The van der Waals surface area contributed by atoms with Crippen molar-refractivity contribution >= 4 is 17.9 Å². The van der Waals surface area contributed by atoms with Crippen LogP contribution in [0.1, 0.15) is 142 Å². The van der Waals surface area contributed by atoms with Crippen LogP contribution in [0.25, 0.3) is 0 Å². The number of carboxylic acids is 1. The van der Waals surface area contributed by atoms with Crippen molar-refractivity contribution in [2.45, 2.75) is 154 Å². The Bertz CT molecular complexity index is 1020. The Hall–Kier alpha value is -2.97. The van der Waals surface area contributed by atoms with E-state index < -0.39 is 18.1 Å². The first-order valence-corrected chi connectivity index (χ1v) is 19.9. The highest BCUT2D eigenvalue weighted by molar-refractivity contribution is 5.70. The molecule has 0 aromatic rings. The molecule has 292 valence electrons. The molecular weight excluding hydrogens is 642 g/mol. The zero-order chi connectivity index (χ0) is 37.8. The van der Waals surface area contributed by atoms with Crippen LogP contribution in [-0.4, -0.2) is 75.5 Å². The smallest absolute Gasteiger partial charge is 0.306 e. The molecule has 0 aromatic heterocycles. The van der Waals surface area contributed by atoms with Crippen molar-refractivity contribution in [3.8, 4) is 0 Å². The standard InChI is InChI=1S/C43H73NO7/c1-6-8-10-12-14-16-17-18-19-20-21-22-23-24-26-27-29-31-33-41(45)50-38-39(37-49-36-35-40(43(47)48)44(3,4)5)51-42(46)34-32-30-28-25-15-13-11-9-7-2/h10,12,14,16-22,39-40H,6-9,11,13,15,23-38H2,1-5H3/b12-10+,16-14+,18-17+,20-19+,22-21+. The molecule has 0 fully saturated rings. The lowest BCUT2D eigenvalue weighted by atomic mass is 10.1. The zero-order valence-corrected chi connectivity index (χ0v) is 33.0. The van der Waals surface area contributed by atoms with E-state index in [0.29, 0.717) is 12.8 Å². The van der Waals surface area contributed by atoms with E-state index in [0.717, 1.165) is 64.2 Å². The lowest BCUT2D eigenvalue weighted by molar-refractivity contribution is -0.889. The molecule has 2 unspecified atom stereocenters. The number of rotatable bonds is 34. The van der Waals surface area contributed by atoms with Gasteiger partial charge in [0.25, 0.3) is 0 Å². The van der Waals surface area contributed by atoms with E-state index in [9.17, 15) is 19.5 Å². The number of quaternary nitrogens is 1. The van der Waals surface area contributed by atoms with Crippen molar-refractivity contribution in [2.75, 3.05) is 41.0 Å². The van der Waals surface area contributed by atoms with Crippen molar-refractivity contribution in [1.29, 1.82) is 0 Å². The summed E-state index contributed by atoms with van der Waals surface area (Å²) >= 11 is 0. The zero-order valence-electron chi connectivity index (χ0n) is 33.0. The number of unbranched alkanes of at least 4 members (excludes halogenated alkanes) is 14. The van der Waals surface area contributed by atoms with E-state index in [2.05, 4.69) is 38.2 Å². The van der Waals surface area contributed by atoms with Crippen molar-refractivity contribution in [3.63, 3.8) is 0 Å². The molecule has 0 aliphatic heterocycles. The van der Waals surface area contributed by atoms with Crippen molar-refractivity contribution in [2.24, 2.45) is 0 Å². The van der Waals surface area contributed by atoms with E-state index in [1.54, 1.807) is 21.1 Å². The van der Waals surface area contributed by atoms with Crippen LogP contribution in [0, 0.1) is 0 Å². The first kappa shape index (κ1) is 48.0. The fourth-order valence-corrected chi connectivity index (χ4v) is 5.39. The molecule has 8 heteroatoms. The Morgan fingerprint density at radius 1 is 0.588 bits per heavy atom. The van der Waals surface area contributed by atoms with Gasteiger partial charge in [0.1, 0.15) is 12.6 Å². The Kier molecular flexibility index (Phi) is 32.1. The van der Waals surface area contributed by atoms with Gasteiger partial charge >= 0.3 is 11.9 Å². The molecule has 8 nitrogen and oxygen atoms in total. The summed E-state index contributed by atoms with van der Waals surface area (Å²) in [6.07, 6.45) is 39.5. The highest BCUT2D eigenvalue weighted by Crippen LogP contribution is 2.13. The van der Waals surface area contributed by atoms with Crippen LogP contribution < -0.4 is 5.11 Å². The van der Waals surface area contributed by atoms with Crippen LogP contribution in [0.5, 0.6) is 0 Å². The van der Waals surface area contributed by atoms with Gasteiger partial charge in [-0.15, -0.1) is 0 Å². The third-order valence-electron chi connectivity index (χ3n) is 8.52. The molecule has 0 rings (SSSR count). The molecule has 0 heterocycles. The number of ether oxygens (including phenoxy) is 3. The summed E-state index contributed by atoms with van der Waals surface area (Å²) in [5.41, 5.74) is 0. The van der Waals surface area contributed by atoms with Gasteiger partial charge in [-0.2, -0.15) is 0 Å². The molecule has 0 saturated heterocycles. The van der Waals surface area contributed by atoms with E-state index in [4.69, 9.17) is 14.2 Å². The SMILES string of the molecule is CCC/C=C/C=C/C=C/C=C/C=C/CCCCCCCC(=O)OCC(COCCC(C(=O)[O-])[N+](C)(C)C)OC(=O)CCCCCCCCCCC. The Labute approximate surface area is 311 Å². The van der Waals surface area contributed by atoms with Gasteiger partial charge in [0.2, 0.25) is 0 Å². The second-order valence-electron chi connectivity index (χ2n) is 14.3. The highest BCUT2D eigenvalue weighted by atomic mass is 16.6. The number of carboxylic acid groups (broad SMARTS) is 1. The highest BCUT2D eigenvalue weighted by Gasteiger charge is 2.25. The normalized spacial score (nSPS) is 13.7. The molecule has 2 atom stereocenters. The van der Waals surface area contributed by atoms with Crippen LogP contribution >= 0.6 is 0 Å². The molecule has 51 heavy (non-hydrogen) atoms. The molecular formula is C43H73NO7. The summed E-state index contributed by atoms with van der Waals surface area (Å²) in [6.45, 7) is 4.50. The van der Waals surface area contributed by atoms with Gasteiger partial charge in [-0.25, -0.2) is 0 Å². The summed E-state index contributed by atoms with van der Waals surface area (Å²) in [7, 11) is 5.38. The molecule has 0 aromatic carbocycles. The molecule has 0 amide bonds. The van der Waals surface area contributed by atoms with Gasteiger partial charge in [0, 0.05) is 19.3 Å². The second kappa shape index (κ2) is 34.1. The average molecular weight is 716 g/mol. The quantitative estimate of drug-likeness (QED) is 0.0284. The molecule has 0 spiro atoms. The van der Waals surface area contributed by atoms with Crippen LogP contribution in [-0.2, 0) is 28.6 Å². The number of hydrogen-bond donors (Lipinski definition) is 0. The van der Waals surface area contributed by atoms with Crippen molar-refractivity contribution in [1.82, 2.24) is 0 Å². The number of nitrogens with zero attached hydrogens (tertiary/aromatic N) is 1. The number of aliphatic carboxylic acids is 1. The average Bonchev–Trinajstić information content (AvgIpc) is 3.08. The van der Waals surface area contributed by atoms with Crippen LogP contribution in [0.15, 0.2) is 60.8 Å². The minimum atomic E-state index is -1.13. The molecule has 0 aliphatic carbocycles. The third-order valence-corrected chi connectivity index (χ3v) is 8.52. The maximum atomic E-state index is 12.6. The number of carbonyl (C=O) groups excluding carboxylic acids is 3. The van der Waals surface area contributed by atoms with E-state index in [1.807, 2.05) is 36.5 Å². The van der Waals surface area contributed by atoms with Gasteiger partial charge < -0.3 is 28.6 Å². The fraction of sp³-hybridized carbons (Fsp3) is 0.698. The number of hydrogen-bond acceptors (Lipinski definition) is 7. The monoisotopic (exact) mass is 716 g/mol. The van der Waals surface area contributed by atoms with E-state index in [-0.39, 0.29) is 42.7 Å². The minimum absolute atomic E-state index is 0.0307. The maximum absolute atomic E-state index is 12.6. The first-order chi connectivity index (χ1) is 24.6. The van der Waals surface area contributed by atoms with Crippen molar-refractivity contribution in [3.05, 3.63) is 60.8 Å². The third kappa shape index (κ3) is 32.7. The van der Waals surface area contributed by atoms with Crippen LogP contribution in [0.3, 0.4) is 0 Å². The first-order valence-electron chi connectivity index (χ1n) is 19.9. The molecule has 0 N–H and O–H groups in total. The number of carbonyl (C=O) groups is 3. The van der Waals surface area contributed by atoms with E-state index in [1.165, 1.54) is 44.9 Å². The minimum Gasteiger partial charge on any atom is -0.544 e. The van der Waals surface area contributed by atoms with Gasteiger partial charge in [0.05, 0.1) is 40.3 Å². The fourth-order valence-electron chi connectivity index (χ4n) is 5.39. The Morgan fingerprint density at radius 3 is 1.61 bits per heavy atom. The van der Waals surface area contributed by atoms with Crippen LogP contribution in [0.4, 0.5) is 0 Å². The number of likely N-dealkylation sites (N-methyl/N-ethyl adjacent to an activating group) is 1. The summed E-state index contributed by atoms with van der Waals surface area (Å²) < 4.78 is 17.1. The van der Waals surface area contributed by atoms with Gasteiger partial charge in [-0.05, 0) is 32.1 Å². The summed E-state index contributed by atoms with van der Waals surface area (Å²) in [5.74, 6) is -1.78. The molecule has 0 aliphatic rings. The predicted molar refractivity (Wildman–Crippen MR) is 208 cm³/mol. The number of esters is 2. The number of allylic oxidation sites excluding steroid dienone is 10.